The van der Waals surface area contributed by atoms with E-state index in [0.29, 0.717) is 25.7 Å². The highest BCUT2D eigenvalue weighted by Crippen LogP contribution is 2.68. The van der Waals surface area contributed by atoms with Crippen molar-refractivity contribution in [2.75, 3.05) is 13.2 Å². The first-order valence-electron chi connectivity index (χ1n) is 17.1. The van der Waals surface area contributed by atoms with Gasteiger partial charge in [0.1, 0.15) is 5.60 Å². The monoisotopic (exact) mass is 777 g/mol. The van der Waals surface area contributed by atoms with Gasteiger partial charge in [0.15, 0.2) is 0 Å². The third kappa shape index (κ3) is 10.3. The highest BCUT2D eigenvalue weighted by atomic mass is 16.6. The van der Waals surface area contributed by atoms with Gasteiger partial charge in [-0.15, -0.1) is 0 Å². The van der Waals surface area contributed by atoms with E-state index in [1.165, 1.54) is 0 Å². The van der Waals surface area contributed by atoms with E-state index < -0.39 is 64.5 Å². The Kier molecular flexibility index (Phi) is 25.1. The molecule has 13 atom stereocenters. The molecule has 0 aromatic carbocycles. The summed E-state index contributed by atoms with van der Waals surface area (Å²) in [5.74, 6) is -7.52. The number of carbonyl (C=O) groups is 5. The predicted octanol–water partition coefficient (Wildman–Crippen LogP) is 10.2. The van der Waals surface area contributed by atoms with Gasteiger partial charge in [-0.05, 0) is 107 Å². The van der Waals surface area contributed by atoms with Crippen LogP contribution in [0.5, 0.6) is 0 Å². The number of esters is 4. The van der Waals surface area contributed by atoms with Gasteiger partial charge in [-0.3, -0.25) is 24.0 Å². The van der Waals surface area contributed by atoms with Crippen LogP contribution in [0.25, 0.3) is 0 Å². The van der Waals surface area contributed by atoms with E-state index in [-0.39, 0.29) is 133 Å². The fourth-order valence-corrected chi connectivity index (χ4v) is 10.6. The second kappa shape index (κ2) is 22.3. The first kappa shape index (κ1) is 60.8. The van der Waals surface area contributed by atoms with Gasteiger partial charge in [0.05, 0.1) is 42.8 Å². The number of hydrogen-bond acceptors (Lipinski definition) is 9. The smallest absolute Gasteiger partial charge is 0.317 e. The summed E-state index contributed by atoms with van der Waals surface area (Å²) >= 11 is 0. The first-order valence-corrected chi connectivity index (χ1v) is 17.1. The van der Waals surface area contributed by atoms with Crippen molar-refractivity contribution in [1.82, 2.24) is 0 Å². The molecule has 10 heteroatoms. The van der Waals surface area contributed by atoms with Crippen LogP contribution in [0.4, 0.5) is 0 Å². The van der Waals surface area contributed by atoms with Gasteiger partial charge in [-0.25, -0.2) is 0 Å². The minimum absolute atomic E-state index is 0. The Balaban J connectivity index is -0.000000889. The van der Waals surface area contributed by atoms with E-state index in [1.807, 2.05) is 34.6 Å². The largest absolute Gasteiger partial charge is 0.481 e. The Bertz CT molecular complexity index is 1190. The van der Waals surface area contributed by atoms with Crippen LogP contribution in [0.2, 0.25) is 0 Å². The lowest BCUT2D eigenvalue weighted by atomic mass is 9.45. The summed E-state index contributed by atoms with van der Waals surface area (Å²) in [4.78, 5) is 66.0. The van der Waals surface area contributed by atoms with Crippen LogP contribution >= 0.6 is 0 Å². The van der Waals surface area contributed by atoms with Gasteiger partial charge in [-0.1, -0.05) is 94.5 Å². The number of carboxylic acids is 1. The zero-order valence-corrected chi connectivity index (χ0v) is 27.8. The molecule has 4 bridgehead atoms. The number of aliphatic hydroxyl groups is 1. The maximum Gasteiger partial charge on any atom is 0.317 e. The normalized spacial score (nSPS) is 34.0. The third-order valence-electron chi connectivity index (χ3n) is 12.9. The number of aliphatic hydroxyl groups excluding tert-OH is 1. The number of carboxylic acid groups (broad SMARTS) is 1. The van der Waals surface area contributed by atoms with Crippen molar-refractivity contribution in [1.29, 1.82) is 0 Å². The maximum atomic E-state index is 13.6. The Morgan fingerprint density at radius 2 is 1.30 bits per heavy atom. The SMILES string of the molecule is C.C.C.C.C.C.C.C.C.CCC(CC)(CO)COC(=O)C1C2CC(C1C(=O)O)C(C1C3CCC(C(C(=O)OC(C)(C)C)C3)C1C1C(=O)OC(=O)C1C)C2C. The average molecular weight is 777 g/mol. The quantitative estimate of drug-likeness (QED) is 0.124. The van der Waals surface area contributed by atoms with E-state index in [4.69, 9.17) is 14.2 Å². The molecule has 13 unspecified atom stereocenters. The van der Waals surface area contributed by atoms with Gasteiger partial charge in [0.2, 0.25) is 0 Å². The average Bonchev–Trinajstić information content (AvgIpc) is 3.61. The molecule has 0 spiro atoms. The number of aliphatic carboxylic acids is 1. The van der Waals surface area contributed by atoms with Crippen LogP contribution in [0.3, 0.4) is 0 Å². The number of rotatable bonds is 10. The minimum atomic E-state index is -1.02. The summed E-state index contributed by atoms with van der Waals surface area (Å²) in [6.07, 6.45) is 4.03. The Labute approximate surface area is 332 Å². The Morgan fingerprint density at radius 3 is 1.74 bits per heavy atom. The van der Waals surface area contributed by atoms with E-state index in [2.05, 4.69) is 6.92 Å². The lowest BCUT2D eigenvalue weighted by Crippen LogP contribution is -2.57. The van der Waals surface area contributed by atoms with E-state index >= 15 is 0 Å². The molecular weight excluding hydrogens is 688 g/mol. The molecule has 1 heterocycles. The zero-order valence-electron chi connectivity index (χ0n) is 27.8. The lowest BCUT2D eigenvalue weighted by Gasteiger charge is -2.58. The molecule has 0 amide bonds. The molecular formula is C44H88O10. The minimum Gasteiger partial charge on any atom is -0.481 e. The standard InChI is InChI=1S/C35H52O10.9CH4/c1-8-35(9-2,14-36)15-43-32(41)28-20-13-22(27(28)29(37)38)23(16(20)3)25-18-10-11-19(21(12-18)31(40)45-34(5,6)7)26(25)24-17(4)30(39)44-33(24)42;;;;;;;;;/h16-28,36H,8-15H2,1-7H3,(H,37,38);9*1H4. The summed E-state index contributed by atoms with van der Waals surface area (Å²) in [7, 11) is 0. The molecule has 324 valence electrons. The molecule has 0 aromatic rings. The van der Waals surface area contributed by atoms with Crippen LogP contribution in [0.15, 0.2) is 0 Å². The molecule has 2 N–H and O–H groups in total. The van der Waals surface area contributed by atoms with Crippen LogP contribution in [0, 0.1) is 82.3 Å². The van der Waals surface area contributed by atoms with Gasteiger partial charge in [-0.2, -0.15) is 0 Å². The molecule has 0 aromatic heterocycles. The van der Waals surface area contributed by atoms with Crippen molar-refractivity contribution in [2.45, 2.75) is 159 Å². The van der Waals surface area contributed by atoms with Gasteiger partial charge >= 0.3 is 29.8 Å². The summed E-state index contributed by atoms with van der Waals surface area (Å²) in [6, 6.07) is 0. The number of hydrogen-bond donors (Lipinski definition) is 2. The Morgan fingerprint density at radius 1 is 0.741 bits per heavy atom. The van der Waals surface area contributed by atoms with Gasteiger partial charge in [0.25, 0.3) is 0 Å². The molecule has 54 heavy (non-hydrogen) atoms. The number of fused-ring (bicyclic) bond motifs is 5. The molecule has 5 aliphatic carbocycles. The van der Waals surface area contributed by atoms with Gasteiger partial charge < -0.3 is 24.4 Å². The van der Waals surface area contributed by atoms with E-state index in [9.17, 15) is 34.2 Å². The fraction of sp³-hybridized carbons (Fsp3) is 0.886. The molecule has 1 aliphatic heterocycles. The second-order valence-corrected chi connectivity index (χ2v) is 15.9. The first-order chi connectivity index (χ1) is 21.1. The molecule has 10 nitrogen and oxygen atoms in total. The zero-order chi connectivity index (χ0) is 33.2. The highest BCUT2D eigenvalue weighted by molar-refractivity contribution is 5.96. The molecule has 5 saturated carbocycles. The van der Waals surface area contributed by atoms with Crippen LogP contribution in [-0.2, 0) is 38.2 Å². The third-order valence-corrected chi connectivity index (χ3v) is 12.9. The van der Waals surface area contributed by atoms with E-state index in [0.717, 1.165) is 12.8 Å². The number of carbonyl (C=O) groups excluding carboxylic acids is 4. The van der Waals surface area contributed by atoms with Crippen LogP contribution < -0.4 is 0 Å². The summed E-state index contributed by atoms with van der Waals surface area (Å²) < 4.78 is 16.8. The molecule has 0 radical (unpaired) electrons. The maximum absolute atomic E-state index is 13.6. The van der Waals surface area contributed by atoms with Crippen molar-refractivity contribution in [3.63, 3.8) is 0 Å². The van der Waals surface area contributed by atoms with Crippen LogP contribution in [-0.4, -0.2) is 58.9 Å². The lowest BCUT2D eigenvalue weighted by molar-refractivity contribution is -0.183. The van der Waals surface area contributed by atoms with Crippen molar-refractivity contribution in [2.24, 2.45) is 82.3 Å². The van der Waals surface area contributed by atoms with Crippen molar-refractivity contribution in [3.05, 3.63) is 0 Å². The van der Waals surface area contributed by atoms with Crippen molar-refractivity contribution >= 4 is 29.8 Å². The highest BCUT2D eigenvalue weighted by Gasteiger charge is 2.68. The summed E-state index contributed by atoms with van der Waals surface area (Å²) in [5.41, 5.74) is -1.22. The summed E-state index contributed by atoms with van der Waals surface area (Å²) in [5, 5.41) is 20.5. The van der Waals surface area contributed by atoms with E-state index in [1.54, 1.807) is 6.92 Å². The number of ether oxygens (including phenoxy) is 3. The van der Waals surface area contributed by atoms with Crippen LogP contribution in [0.1, 0.15) is 154 Å². The van der Waals surface area contributed by atoms with Crippen molar-refractivity contribution < 1.29 is 48.4 Å². The summed E-state index contributed by atoms with van der Waals surface area (Å²) in [6.45, 7) is 13.1. The van der Waals surface area contributed by atoms with Crippen molar-refractivity contribution in [3.8, 4) is 0 Å². The molecule has 1 saturated heterocycles. The number of cyclic esters (lactones) is 2. The molecule has 6 aliphatic rings. The molecule has 6 fully saturated rings. The van der Waals surface area contributed by atoms with Gasteiger partial charge in [0, 0.05) is 5.41 Å². The Hall–Kier alpha value is -2.49. The second-order valence-electron chi connectivity index (χ2n) is 15.9. The fourth-order valence-electron chi connectivity index (χ4n) is 10.6. The predicted molar refractivity (Wildman–Crippen MR) is 221 cm³/mol. The molecule has 6 rings (SSSR count). The topological polar surface area (TPSA) is 154 Å².